The third-order valence-corrected chi connectivity index (χ3v) is 7.20. The molecule has 0 unspecified atom stereocenters. The second kappa shape index (κ2) is 8.53. The van der Waals surface area contributed by atoms with Crippen molar-refractivity contribution >= 4 is 44.7 Å². The second-order valence-corrected chi connectivity index (χ2v) is 9.55. The molecule has 2 aromatic heterocycles. The van der Waals surface area contributed by atoms with Gasteiger partial charge in [-0.2, -0.15) is 0 Å². The number of hydrogen-bond acceptors (Lipinski definition) is 5. The number of para-hydroxylation sites is 2. The van der Waals surface area contributed by atoms with Crippen molar-refractivity contribution in [2.75, 3.05) is 10.2 Å². The van der Waals surface area contributed by atoms with Crippen LogP contribution < -0.4 is 15.8 Å². The molecule has 4 aromatic rings. The van der Waals surface area contributed by atoms with Crippen molar-refractivity contribution in [3.8, 4) is 11.1 Å². The first-order chi connectivity index (χ1) is 16.3. The van der Waals surface area contributed by atoms with Crippen LogP contribution in [0.5, 0.6) is 0 Å². The lowest BCUT2D eigenvalue weighted by Crippen LogP contribution is -2.42. The van der Waals surface area contributed by atoms with E-state index < -0.39 is 0 Å². The van der Waals surface area contributed by atoms with Crippen molar-refractivity contribution in [2.24, 2.45) is 0 Å². The summed E-state index contributed by atoms with van der Waals surface area (Å²) in [6.45, 7) is 5.76. The Labute approximate surface area is 200 Å². The first-order valence-corrected chi connectivity index (χ1v) is 12.0. The molecule has 5 rings (SSSR count). The maximum absolute atomic E-state index is 13.5. The fraction of sp³-hybridized carbons (Fsp3) is 0.231. The number of benzene rings is 2. The normalized spacial score (nSPS) is 15.7. The monoisotopic (exact) mass is 472 g/mol. The number of fused-ring (bicyclic) bond motifs is 2. The molecule has 0 radical (unpaired) electrons. The molecule has 3 heterocycles. The number of amides is 2. The largest absolute Gasteiger partial charge is 0.324 e. The smallest absolute Gasteiger partial charge is 0.263 e. The predicted molar refractivity (Wildman–Crippen MR) is 135 cm³/mol. The molecule has 0 aliphatic carbocycles. The van der Waals surface area contributed by atoms with E-state index in [1.54, 1.807) is 17.0 Å². The molecule has 0 saturated carbocycles. The van der Waals surface area contributed by atoms with Crippen LogP contribution in [0.3, 0.4) is 0 Å². The molecule has 1 aliphatic heterocycles. The summed E-state index contributed by atoms with van der Waals surface area (Å²) < 4.78 is 1.36. The van der Waals surface area contributed by atoms with Gasteiger partial charge in [-0.15, -0.1) is 11.3 Å². The molecule has 172 valence electrons. The fourth-order valence-electron chi connectivity index (χ4n) is 4.39. The van der Waals surface area contributed by atoms with Gasteiger partial charge >= 0.3 is 0 Å². The Balaban J connectivity index is 1.54. The van der Waals surface area contributed by atoms with E-state index in [1.165, 1.54) is 27.8 Å². The molecule has 2 aromatic carbocycles. The quantitative estimate of drug-likeness (QED) is 0.476. The van der Waals surface area contributed by atoms with Crippen LogP contribution in [0.15, 0.2) is 59.0 Å². The minimum Gasteiger partial charge on any atom is -0.324 e. The highest BCUT2D eigenvalue weighted by Crippen LogP contribution is 2.33. The van der Waals surface area contributed by atoms with Crippen molar-refractivity contribution in [1.82, 2.24) is 9.55 Å². The van der Waals surface area contributed by atoms with E-state index >= 15 is 0 Å². The van der Waals surface area contributed by atoms with Gasteiger partial charge in [0.05, 0.1) is 23.1 Å². The molecule has 0 saturated heterocycles. The number of aromatic nitrogens is 2. The summed E-state index contributed by atoms with van der Waals surface area (Å²) in [5, 5.41) is 5.32. The Morgan fingerprint density at radius 3 is 2.74 bits per heavy atom. The van der Waals surface area contributed by atoms with Crippen LogP contribution in [0.1, 0.15) is 24.5 Å². The van der Waals surface area contributed by atoms with Crippen molar-refractivity contribution < 1.29 is 9.59 Å². The summed E-state index contributed by atoms with van der Waals surface area (Å²) in [7, 11) is 0. The molecule has 1 aliphatic rings. The summed E-state index contributed by atoms with van der Waals surface area (Å²) in [6, 6.07) is 13.0. The lowest BCUT2D eigenvalue weighted by molar-refractivity contribution is -0.120. The van der Waals surface area contributed by atoms with Crippen LogP contribution in [0.4, 0.5) is 11.4 Å². The first-order valence-electron chi connectivity index (χ1n) is 11.1. The van der Waals surface area contributed by atoms with Gasteiger partial charge < -0.3 is 10.2 Å². The zero-order valence-corrected chi connectivity index (χ0v) is 20.0. The van der Waals surface area contributed by atoms with Crippen molar-refractivity contribution in [3.63, 3.8) is 0 Å². The van der Waals surface area contributed by atoms with Gasteiger partial charge in [-0.3, -0.25) is 19.0 Å². The maximum atomic E-state index is 13.5. The molecule has 0 spiro atoms. The minimum atomic E-state index is -0.351. The van der Waals surface area contributed by atoms with Crippen LogP contribution in [-0.4, -0.2) is 27.4 Å². The third-order valence-electron chi connectivity index (χ3n) is 6.31. The number of carbonyl (C=O) groups is 2. The Hall–Kier alpha value is -3.78. The SMILES string of the molecule is Cc1ccc(-c2csc3ncn(CC(=O)N4c5ccccc5NC(=O)C[C@@H]4C)c(=O)c23)cc1C. The van der Waals surface area contributed by atoms with Crippen molar-refractivity contribution in [2.45, 2.75) is 39.8 Å². The van der Waals surface area contributed by atoms with E-state index in [9.17, 15) is 14.4 Å². The van der Waals surface area contributed by atoms with Gasteiger partial charge in [0, 0.05) is 23.4 Å². The molecule has 8 heteroatoms. The van der Waals surface area contributed by atoms with E-state index in [2.05, 4.69) is 23.3 Å². The van der Waals surface area contributed by atoms with Crippen LogP contribution in [-0.2, 0) is 16.1 Å². The highest BCUT2D eigenvalue weighted by Gasteiger charge is 2.30. The maximum Gasteiger partial charge on any atom is 0.263 e. The Bertz CT molecular complexity index is 1500. The lowest BCUT2D eigenvalue weighted by atomic mass is 10.0. The predicted octanol–water partition coefficient (Wildman–Crippen LogP) is 4.51. The molecule has 0 bridgehead atoms. The standard InChI is InChI=1S/C26H24N4O3S/c1-15-8-9-18(10-16(15)2)19-13-34-25-24(19)26(33)29(14-27-25)12-23(32)30-17(3)11-22(31)28-20-6-4-5-7-21(20)30/h4-10,13-14,17H,11-12H2,1-3H3,(H,28,31)/t17-/m0/s1. The molecule has 7 nitrogen and oxygen atoms in total. The lowest BCUT2D eigenvalue weighted by Gasteiger charge is -2.28. The fourth-order valence-corrected chi connectivity index (χ4v) is 5.30. The van der Waals surface area contributed by atoms with E-state index in [-0.39, 0.29) is 36.4 Å². The highest BCUT2D eigenvalue weighted by atomic mass is 32.1. The number of aryl methyl sites for hydroxylation is 2. The van der Waals surface area contributed by atoms with Gasteiger partial charge in [-0.1, -0.05) is 30.3 Å². The van der Waals surface area contributed by atoms with Crippen molar-refractivity contribution in [1.29, 1.82) is 0 Å². The average Bonchev–Trinajstić information content (AvgIpc) is 3.18. The number of nitrogens with zero attached hydrogens (tertiary/aromatic N) is 3. The number of nitrogens with one attached hydrogen (secondary N) is 1. The topological polar surface area (TPSA) is 84.3 Å². The van der Waals surface area contributed by atoms with E-state index in [0.29, 0.717) is 21.6 Å². The van der Waals surface area contributed by atoms with Crippen LogP contribution in [0.2, 0.25) is 0 Å². The van der Waals surface area contributed by atoms with Gasteiger partial charge in [-0.05, 0) is 49.6 Å². The number of thiophene rings is 1. The number of hydrogen-bond donors (Lipinski definition) is 1. The van der Waals surface area contributed by atoms with Gasteiger partial charge in [0.15, 0.2) is 0 Å². The Kier molecular flexibility index (Phi) is 5.53. The number of carbonyl (C=O) groups excluding carboxylic acids is 2. The third kappa shape index (κ3) is 3.80. The Morgan fingerprint density at radius 1 is 1.15 bits per heavy atom. The summed E-state index contributed by atoms with van der Waals surface area (Å²) in [6.07, 6.45) is 1.61. The molecule has 0 fully saturated rings. The van der Waals surface area contributed by atoms with Crippen LogP contribution >= 0.6 is 11.3 Å². The van der Waals surface area contributed by atoms with Gasteiger partial charge in [-0.25, -0.2) is 4.98 Å². The van der Waals surface area contributed by atoms with Gasteiger partial charge in [0.25, 0.3) is 5.56 Å². The molecule has 1 atom stereocenters. The molecular formula is C26H24N4O3S. The van der Waals surface area contributed by atoms with E-state index in [0.717, 1.165) is 16.7 Å². The molecule has 1 N–H and O–H groups in total. The highest BCUT2D eigenvalue weighted by molar-refractivity contribution is 7.17. The molecule has 2 amide bonds. The number of anilines is 2. The van der Waals surface area contributed by atoms with E-state index in [4.69, 9.17) is 0 Å². The molecule has 34 heavy (non-hydrogen) atoms. The van der Waals surface area contributed by atoms with E-state index in [1.807, 2.05) is 43.5 Å². The zero-order chi connectivity index (χ0) is 24.0. The summed E-state index contributed by atoms with van der Waals surface area (Å²) in [4.78, 5) is 45.9. The van der Waals surface area contributed by atoms with Crippen molar-refractivity contribution in [3.05, 3.63) is 75.7 Å². The summed E-state index contributed by atoms with van der Waals surface area (Å²) in [5.41, 5.74) is 5.07. The number of rotatable bonds is 3. The Morgan fingerprint density at radius 2 is 1.94 bits per heavy atom. The summed E-state index contributed by atoms with van der Waals surface area (Å²) in [5.74, 6) is -0.422. The average molecular weight is 473 g/mol. The van der Waals surface area contributed by atoms with Crippen LogP contribution in [0, 0.1) is 13.8 Å². The molecular weight excluding hydrogens is 448 g/mol. The second-order valence-electron chi connectivity index (χ2n) is 8.69. The zero-order valence-electron chi connectivity index (χ0n) is 19.2. The first kappa shape index (κ1) is 22.0. The van der Waals surface area contributed by atoms with Gasteiger partial charge in [0.2, 0.25) is 11.8 Å². The van der Waals surface area contributed by atoms with Crippen LogP contribution in [0.25, 0.3) is 21.3 Å². The summed E-state index contributed by atoms with van der Waals surface area (Å²) >= 11 is 1.42. The van der Waals surface area contributed by atoms with Gasteiger partial charge in [0.1, 0.15) is 11.4 Å². The minimum absolute atomic E-state index is 0.146.